The van der Waals surface area contributed by atoms with Gasteiger partial charge in [-0.25, -0.2) is 0 Å². The van der Waals surface area contributed by atoms with E-state index < -0.39 is 0 Å². The highest BCUT2D eigenvalue weighted by Gasteiger charge is 2.04. The molecule has 0 bridgehead atoms. The Morgan fingerprint density at radius 3 is 2.81 bits per heavy atom. The summed E-state index contributed by atoms with van der Waals surface area (Å²) in [5.41, 5.74) is 1.57. The number of nitrogens with one attached hydrogen (secondary N) is 2. The van der Waals surface area contributed by atoms with Gasteiger partial charge < -0.3 is 10.6 Å². The van der Waals surface area contributed by atoms with Crippen LogP contribution in [-0.4, -0.2) is 20.1 Å². The SMILES string of the molecule is CNCC(C)CNc1cc(Br)ccc1C#N. The molecule has 0 amide bonds. The molecule has 0 aliphatic heterocycles. The second kappa shape index (κ2) is 6.51. The molecule has 86 valence electrons. The molecule has 0 saturated carbocycles. The predicted octanol–water partition coefficient (Wildman–Crippen LogP) is 2.59. The molecule has 1 rings (SSSR count). The van der Waals surface area contributed by atoms with E-state index in [4.69, 9.17) is 5.26 Å². The van der Waals surface area contributed by atoms with Crippen molar-refractivity contribution in [3.63, 3.8) is 0 Å². The lowest BCUT2D eigenvalue weighted by atomic mass is 10.1. The first-order valence-electron chi connectivity index (χ1n) is 5.25. The lowest BCUT2D eigenvalue weighted by molar-refractivity contribution is 0.569. The molecular weight excluding hydrogens is 266 g/mol. The number of anilines is 1. The number of nitrogens with zero attached hydrogens (tertiary/aromatic N) is 1. The molecule has 0 heterocycles. The van der Waals surface area contributed by atoms with Crippen molar-refractivity contribution in [2.75, 3.05) is 25.5 Å². The second-order valence-corrected chi connectivity index (χ2v) is 4.76. The molecule has 0 saturated heterocycles. The van der Waals surface area contributed by atoms with Gasteiger partial charge in [0.05, 0.1) is 11.3 Å². The minimum atomic E-state index is 0.524. The summed E-state index contributed by atoms with van der Waals surface area (Å²) < 4.78 is 0.982. The highest BCUT2D eigenvalue weighted by Crippen LogP contribution is 2.20. The highest BCUT2D eigenvalue weighted by atomic mass is 79.9. The number of hydrogen-bond donors (Lipinski definition) is 2. The molecule has 0 aliphatic rings. The maximum atomic E-state index is 8.96. The Hall–Kier alpha value is -1.05. The maximum Gasteiger partial charge on any atom is 0.101 e. The van der Waals surface area contributed by atoms with Crippen molar-refractivity contribution in [1.29, 1.82) is 5.26 Å². The third-order valence-electron chi connectivity index (χ3n) is 2.30. The van der Waals surface area contributed by atoms with Crippen LogP contribution in [0.4, 0.5) is 5.69 Å². The molecule has 4 heteroatoms. The molecule has 1 atom stereocenters. The summed E-state index contributed by atoms with van der Waals surface area (Å²) in [5, 5.41) is 15.4. The molecule has 1 unspecified atom stereocenters. The first-order valence-corrected chi connectivity index (χ1v) is 6.04. The van der Waals surface area contributed by atoms with Gasteiger partial charge in [0.25, 0.3) is 0 Å². The van der Waals surface area contributed by atoms with Crippen LogP contribution in [0.15, 0.2) is 22.7 Å². The quantitative estimate of drug-likeness (QED) is 0.872. The van der Waals surface area contributed by atoms with E-state index in [2.05, 4.69) is 39.6 Å². The van der Waals surface area contributed by atoms with Gasteiger partial charge in [0, 0.05) is 11.0 Å². The zero-order chi connectivity index (χ0) is 12.0. The fourth-order valence-corrected chi connectivity index (χ4v) is 1.83. The second-order valence-electron chi connectivity index (χ2n) is 3.85. The van der Waals surface area contributed by atoms with Crippen LogP contribution >= 0.6 is 15.9 Å². The van der Waals surface area contributed by atoms with Crippen molar-refractivity contribution in [3.8, 4) is 6.07 Å². The van der Waals surface area contributed by atoms with Gasteiger partial charge in [-0.15, -0.1) is 0 Å². The van der Waals surface area contributed by atoms with E-state index in [-0.39, 0.29) is 0 Å². The zero-order valence-corrected chi connectivity index (χ0v) is 11.1. The van der Waals surface area contributed by atoms with Crippen molar-refractivity contribution in [1.82, 2.24) is 5.32 Å². The van der Waals surface area contributed by atoms with E-state index in [1.807, 2.05) is 25.2 Å². The van der Waals surface area contributed by atoms with Crippen LogP contribution in [0.5, 0.6) is 0 Å². The van der Waals surface area contributed by atoms with Crippen LogP contribution < -0.4 is 10.6 Å². The minimum Gasteiger partial charge on any atom is -0.384 e. The largest absolute Gasteiger partial charge is 0.384 e. The number of nitriles is 1. The normalized spacial score (nSPS) is 11.9. The fraction of sp³-hybridized carbons (Fsp3) is 0.417. The Balaban J connectivity index is 2.66. The molecule has 0 radical (unpaired) electrons. The van der Waals surface area contributed by atoms with Gasteiger partial charge in [0.2, 0.25) is 0 Å². The Morgan fingerprint density at radius 2 is 2.19 bits per heavy atom. The van der Waals surface area contributed by atoms with Gasteiger partial charge in [-0.3, -0.25) is 0 Å². The number of rotatable bonds is 5. The monoisotopic (exact) mass is 281 g/mol. The van der Waals surface area contributed by atoms with Gasteiger partial charge >= 0.3 is 0 Å². The summed E-state index contributed by atoms with van der Waals surface area (Å²) in [4.78, 5) is 0. The molecule has 0 spiro atoms. The topological polar surface area (TPSA) is 47.8 Å². The Labute approximate surface area is 105 Å². The Morgan fingerprint density at radius 1 is 1.44 bits per heavy atom. The van der Waals surface area contributed by atoms with Crippen molar-refractivity contribution in [3.05, 3.63) is 28.2 Å². The zero-order valence-electron chi connectivity index (χ0n) is 9.55. The molecule has 2 N–H and O–H groups in total. The van der Waals surface area contributed by atoms with Crippen LogP contribution in [0.1, 0.15) is 12.5 Å². The molecular formula is C12H16BrN3. The van der Waals surface area contributed by atoms with Crippen molar-refractivity contribution < 1.29 is 0 Å². The summed E-state index contributed by atoms with van der Waals surface area (Å²) in [6.45, 7) is 3.97. The fourth-order valence-electron chi connectivity index (χ4n) is 1.47. The lowest BCUT2D eigenvalue weighted by Crippen LogP contribution is -2.23. The van der Waals surface area contributed by atoms with E-state index in [1.54, 1.807) is 0 Å². The van der Waals surface area contributed by atoms with Crippen molar-refractivity contribution >= 4 is 21.6 Å². The van der Waals surface area contributed by atoms with Gasteiger partial charge in [0.1, 0.15) is 6.07 Å². The van der Waals surface area contributed by atoms with E-state index in [1.165, 1.54) is 0 Å². The Bertz CT molecular complexity index is 384. The smallest absolute Gasteiger partial charge is 0.101 e. The van der Waals surface area contributed by atoms with E-state index in [0.717, 1.165) is 23.2 Å². The van der Waals surface area contributed by atoms with Crippen LogP contribution in [0, 0.1) is 17.2 Å². The molecule has 1 aromatic carbocycles. The molecule has 1 aromatic rings. The van der Waals surface area contributed by atoms with Crippen LogP contribution in [0.3, 0.4) is 0 Å². The summed E-state index contributed by atoms with van der Waals surface area (Å²) in [6.07, 6.45) is 0. The first-order chi connectivity index (χ1) is 7.67. The van der Waals surface area contributed by atoms with Crippen LogP contribution in [0.25, 0.3) is 0 Å². The van der Waals surface area contributed by atoms with Gasteiger partial charge in [-0.1, -0.05) is 22.9 Å². The third-order valence-corrected chi connectivity index (χ3v) is 2.79. The minimum absolute atomic E-state index is 0.524. The molecule has 0 aromatic heterocycles. The number of hydrogen-bond acceptors (Lipinski definition) is 3. The maximum absolute atomic E-state index is 8.96. The van der Waals surface area contributed by atoms with Crippen molar-refractivity contribution in [2.24, 2.45) is 5.92 Å². The molecule has 0 aliphatic carbocycles. The molecule has 3 nitrogen and oxygen atoms in total. The van der Waals surface area contributed by atoms with Crippen LogP contribution in [0.2, 0.25) is 0 Å². The third kappa shape index (κ3) is 3.84. The average Bonchev–Trinajstić information content (AvgIpc) is 2.27. The summed E-state index contributed by atoms with van der Waals surface area (Å²) >= 11 is 3.40. The average molecular weight is 282 g/mol. The number of benzene rings is 1. The Kier molecular flexibility index (Phi) is 5.30. The van der Waals surface area contributed by atoms with Crippen LogP contribution in [-0.2, 0) is 0 Å². The molecule has 16 heavy (non-hydrogen) atoms. The van der Waals surface area contributed by atoms with Gasteiger partial charge in [-0.05, 0) is 37.7 Å². The highest BCUT2D eigenvalue weighted by molar-refractivity contribution is 9.10. The van der Waals surface area contributed by atoms with E-state index in [9.17, 15) is 0 Å². The standard InChI is InChI=1S/C12H16BrN3/c1-9(7-15-2)8-16-12-5-11(13)4-3-10(12)6-14/h3-5,9,15-16H,7-8H2,1-2H3. The van der Waals surface area contributed by atoms with Gasteiger partial charge in [0.15, 0.2) is 0 Å². The van der Waals surface area contributed by atoms with E-state index >= 15 is 0 Å². The molecule has 0 fully saturated rings. The summed E-state index contributed by atoms with van der Waals surface area (Å²) in [7, 11) is 1.94. The van der Waals surface area contributed by atoms with Crippen molar-refractivity contribution in [2.45, 2.75) is 6.92 Å². The van der Waals surface area contributed by atoms with E-state index in [0.29, 0.717) is 11.5 Å². The first kappa shape index (κ1) is 13.0. The summed E-state index contributed by atoms with van der Waals surface area (Å²) in [5.74, 6) is 0.524. The van der Waals surface area contributed by atoms with Gasteiger partial charge in [-0.2, -0.15) is 5.26 Å². The predicted molar refractivity (Wildman–Crippen MR) is 70.4 cm³/mol. The number of halogens is 1. The summed E-state index contributed by atoms with van der Waals surface area (Å²) in [6, 6.07) is 7.81. The lowest BCUT2D eigenvalue weighted by Gasteiger charge is -2.14.